The molecule has 1 atom stereocenters. The third-order valence-electron chi connectivity index (χ3n) is 6.19. The number of rotatable bonds is 10. The van der Waals surface area contributed by atoms with Crippen molar-refractivity contribution in [3.63, 3.8) is 0 Å². The number of aromatic nitrogens is 2. The number of hydrogen-bond acceptors (Lipinski definition) is 4. The predicted molar refractivity (Wildman–Crippen MR) is 121 cm³/mol. The summed E-state index contributed by atoms with van der Waals surface area (Å²) < 4.78 is 76.2. The van der Waals surface area contributed by atoms with E-state index in [-0.39, 0.29) is 18.8 Å². The molecule has 34 heavy (non-hydrogen) atoms. The number of carbonyl (C=O) groups is 1. The number of amides is 1. The monoisotopic (exact) mass is 521 g/mol. The highest BCUT2D eigenvalue weighted by atomic mass is 35.5. The molecule has 0 bridgehead atoms. The second kappa shape index (κ2) is 9.87. The minimum atomic E-state index is -4.90. The average molecular weight is 522 g/mol. The second-order valence-corrected chi connectivity index (χ2v) is 11.3. The molecule has 0 saturated heterocycles. The number of aryl methyl sites for hydroxylation is 1. The lowest BCUT2D eigenvalue weighted by molar-refractivity contribution is 0.0578. The van der Waals surface area contributed by atoms with E-state index < -0.39 is 50.6 Å². The normalized spacial score (nSPS) is 16.2. The standard InChI is InChI=1S/C22H27ClF3N3O4S/c1-12(2)16-9-6-14(23)11-13(16)5-4-10-22(3,34(31,32)33)29(15-7-8-15)21(30)17-18(19(24)25)27-28-20(17)26/h6,9,11-12,15,19H,4-5,7-8,10H2,1-3H3,(H,27,28)(H,31,32,33). The molecule has 0 radical (unpaired) electrons. The second-order valence-electron chi connectivity index (χ2n) is 9.01. The average Bonchev–Trinajstić information content (AvgIpc) is 3.46. The van der Waals surface area contributed by atoms with Crippen LogP contribution >= 0.6 is 11.6 Å². The number of H-pyrrole nitrogens is 1. The van der Waals surface area contributed by atoms with Gasteiger partial charge in [0.05, 0.1) is 0 Å². The van der Waals surface area contributed by atoms with Crippen molar-refractivity contribution in [1.29, 1.82) is 0 Å². The highest BCUT2D eigenvalue weighted by Crippen LogP contribution is 2.40. The summed E-state index contributed by atoms with van der Waals surface area (Å²) in [5.74, 6) is -2.53. The van der Waals surface area contributed by atoms with Gasteiger partial charge in [-0.3, -0.25) is 14.4 Å². The molecule has 188 valence electrons. The van der Waals surface area contributed by atoms with Crippen molar-refractivity contribution in [2.45, 2.75) is 76.1 Å². The van der Waals surface area contributed by atoms with Gasteiger partial charge in [-0.25, -0.2) is 8.78 Å². The molecule has 1 amide bonds. The first-order valence-corrected chi connectivity index (χ1v) is 12.7. The van der Waals surface area contributed by atoms with Gasteiger partial charge in [-0.05, 0) is 68.2 Å². The van der Waals surface area contributed by atoms with E-state index >= 15 is 0 Å². The fraction of sp³-hybridized carbons (Fsp3) is 0.545. The summed E-state index contributed by atoms with van der Waals surface area (Å²) in [6, 6.07) is 4.78. The van der Waals surface area contributed by atoms with Crippen LogP contribution in [0.3, 0.4) is 0 Å². The molecule has 1 saturated carbocycles. The van der Waals surface area contributed by atoms with E-state index in [2.05, 4.69) is 5.10 Å². The van der Waals surface area contributed by atoms with Crippen molar-refractivity contribution < 1.29 is 30.9 Å². The molecule has 1 unspecified atom stereocenters. The van der Waals surface area contributed by atoms with Crippen LogP contribution in [0.25, 0.3) is 0 Å². The van der Waals surface area contributed by atoms with Crippen LogP contribution in [0, 0.1) is 5.95 Å². The van der Waals surface area contributed by atoms with Gasteiger partial charge in [0.25, 0.3) is 22.5 Å². The smallest absolute Gasteiger partial charge is 0.289 e. The molecule has 2 N–H and O–H groups in total. The largest absolute Gasteiger partial charge is 0.314 e. The summed E-state index contributed by atoms with van der Waals surface area (Å²) >= 11 is 6.12. The zero-order valence-electron chi connectivity index (χ0n) is 19.0. The molecule has 7 nitrogen and oxygen atoms in total. The quantitative estimate of drug-likeness (QED) is 0.402. The first kappa shape index (κ1) is 26.5. The van der Waals surface area contributed by atoms with Crippen LogP contribution in [0.15, 0.2) is 18.2 Å². The summed E-state index contributed by atoms with van der Waals surface area (Å²) in [4.78, 5) is 11.9. The summed E-state index contributed by atoms with van der Waals surface area (Å²) in [6.45, 7) is 5.16. The number of nitrogens with one attached hydrogen (secondary N) is 1. The summed E-state index contributed by atoms with van der Waals surface area (Å²) in [7, 11) is -4.90. The Morgan fingerprint density at radius 2 is 2.00 bits per heavy atom. The Kier molecular flexibility index (Phi) is 7.69. The molecular formula is C22H27ClF3N3O4S. The van der Waals surface area contributed by atoms with Gasteiger partial charge in [-0.15, -0.1) is 5.10 Å². The van der Waals surface area contributed by atoms with Gasteiger partial charge >= 0.3 is 0 Å². The molecule has 1 aromatic carbocycles. The summed E-state index contributed by atoms with van der Waals surface area (Å²) in [5.41, 5.74) is -0.138. The van der Waals surface area contributed by atoms with Crippen molar-refractivity contribution in [2.24, 2.45) is 0 Å². The third-order valence-corrected chi connectivity index (χ3v) is 7.94. The topological polar surface area (TPSA) is 103 Å². The first-order valence-electron chi connectivity index (χ1n) is 10.9. The van der Waals surface area contributed by atoms with E-state index in [0.29, 0.717) is 24.3 Å². The van der Waals surface area contributed by atoms with Gasteiger partial charge < -0.3 is 4.90 Å². The minimum Gasteiger partial charge on any atom is -0.314 e. The maximum atomic E-state index is 14.2. The van der Waals surface area contributed by atoms with Gasteiger partial charge in [0.15, 0.2) is 4.87 Å². The first-order chi connectivity index (χ1) is 15.8. The number of halogens is 4. The number of nitrogens with zero attached hydrogens (tertiary/aromatic N) is 2. The van der Waals surface area contributed by atoms with Crippen LogP contribution in [0.4, 0.5) is 13.2 Å². The van der Waals surface area contributed by atoms with Crippen LogP contribution < -0.4 is 0 Å². The van der Waals surface area contributed by atoms with Crippen molar-refractivity contribution >= 4 is 27.6 Å². The maximum absolute atomic E-state index is 14.2. The SMILES string of the molecule is CC(C)c1ccc(Cl)cc1CCCC(C)(N(C(=O)c1c(F)n[nH]c1C(F)F)C1CC1)S(=O)(=O)O. The lowest BCUT2D eigenvalue weighted by Gasteiger charge is -2.39. The lowest BCUT2D eigenvalue weighted by atomic mass is 9.93. The van der Waals surface area contributed by atoms with Crippen LogP contribution in [-0.4, -0.2) is 44.9 Å². The molecule has 0 aliphatic heterocycles. The molecule has 1 aromatic heterocycles. The van der Waals surface area contributed by atoms with Crippen molar-refractivity contribution in [2.75, 3.05) is 0 Å². The molecule has 2 aromatic rings. The van der Waals surface area contributed by atoms with Gasteiger partial charge in [-0.2, -0.15) is 12.8 Å². The Bertz CT molecular complexity index is 1170. The molecule has 1 fully saturated rings. The van der Waals surface area contributed by atoms with E-state index in [1.807, 2.05) is 19.9 Å². The van der Waals surface area contributed by atoms with Crippen LogP contribution in [0.5, 0.6) is 0 Å². The fourth-order valence-corrected chi connectivity index (χ4v) is 5.33. The summed E-state index contributed by atoms with van der Waals surface area (Å²) in [5, 5.41) is 5.37. The Balaban J connectivity index is 1.94. The molecule has 1 aliphatic rings. The number of aromatic amines is 1. The zero-order chi connectivity index (χ0) is 25.4. The lowest BCUT2D eigenvalue weighted by Crippen LogP contribution is -2.56. The maximum Gasteiger partial charge on any atom is 0.289 e. The number of alkyl halides is 2. The highest BCUT2D eigenvalue weighted by molar-refractivity contribution is 7.87. The van der Waals surface area contributed by atoms with Gasteiger partial charge in [0.2, 0.25) is 5.95 Å². The number of carbonyl (C=O) groups excluding carboxylic acids is 1. The van der Waals surface area contributed by atoms with E-state index in [9.17, 15) is 30.9 Å². The van der Waals surface area contributed by atoms with Crippen molar-refractivity contribution in [1.82, 2.24) is 15.1 Å². The van der Waals surface area contributed by atoms with E-state index in [1.54, 1.807) is 17.2 Å². The van der Waals surface area contributed by atoms with Crippen LogP contribution in [0.2, 0.25) is 5.02 Å². The van der Waals surface area contributed by atoms with E-state index in [0.717, 1.165) is 23.0 Å². The third kappa shape index (κ3) is 5.26. The number of hydrogen-bond donors (Lipinski definition) is 2. The van der Waals surface area contributed by atoms with Crippen LogP contribution in [0.1, 0.15) is 86.0 Å². The molecule has 12 heteroatoms. The van der Waals surface area contributed by atoms with E-state index in [4.69, 9.17) is 11.6 Å². The minimum absolute atomic E-state index is 0.182. The van der Waals surface area contributed by atoms with Crippen molar-refractivity contribution in [3.8, 4) is 0 Å². The zero-order valence-corrected chi connectivity index (χ0v) is 20.6. The Morgan fingerprint density at radius 3 is 2.53 bits per heavy atom. The Labute approximate surface area is 201 Å². The van der Waals surface area contributed by atoms with Gasteiger partial charge in [-0.1, -0.05) is 31.5 Å². The fourth-order valence-electron chi connectivity index (χ4n) is 4.25. The molecule has 3 rings (SSSR count). The summed E-state index contributed by atoms with van der Waals surface area (Å²) in [6.07, 6.45) is -2.03. The molecule has 1 aliphatic carbocycles. The molecular weight excluding hydrogens is 495 g/mol. The van der Waals surface area contributed by atoms with Crippen LogP contribution in [-0.2, 0) is 16.5 Å². The highest BCUT2D eigenvalue weighted by Gasteiger charge is 2.53. The number of benzene rings is 1. The molecule has 0 spiro atoms. The Morgan fingerprint density at radius 1 is 1.35 bits per heavy atom. The Hall–Kier alpha value is -2.11. The molecule has 1 heterocycles. The van der Waals surface area contributed by atoms with E-state index in [1.165, 1.54) is 0 Å². The van der Waals surface area contributed by atoms with Gasteiger partial charge in [0, 0.05) is 11.1 Å². The van der Waals surface area contributed by atoms with Crippen molar-refractivity contribution in [3.05, 3.63) is 51.6 Å². The van der Waals surface area contributed by atoms with Gasteiger partial charge in [0.1, 0.15) is 11.3 Å². The predicted octanol–water partition coefficient (Wildman–Crippen LogP) is 5.49.